The highest BCUT2D eigenvalue weighted by Crippen LogP contribution is 2.62. The molecule has 4 aliphatic rings. The number of carbonyl (C=O) groups is 5. The van der Waals surface area contributed by atoms with Gasteiger partial charge >= 0.3 is 23.9 Å². The first-order valence-corrected chi connectivity index (χ1v) is 12.5. The van der Waals surface area contributed by atoms with E-state index in [1.54, 1.807) is 19.9 Å². The second-order valence-corrected chi connectivity index (χ2v) is 11.1. The monoisotopic (exact) mass is 538 g/mol. The molecule has 0 radical (unpaired) electrons. The van der Waals surface area contributed by atoms with Gasteiger partial charge in [-0.25, -0.2) is 0 Å². The maximum absolute atomic E-state index is 13.4. The smallest absolute Gasteiger partial charge is 0.312 e. The van der Waals surface area contributed by atoms with Crippen molar-refractivity contribution >= 4 is 41.3 Å². The summed E-state index contributed by atoms with van der Waals surface area (Å²) in [6, 6.07) is 0. The highest BCUT2D eigenvalue weighted by atomic mass is 35.5. The number of hydrogen-bond donors (Lipinski definition) is 0. The van der Waals surface area contributed by atoms with Gasteiger partial charge in [-0.15, -0.1) is 11.6 Å². The molecule has 0 amide bonds. The lowest BCUT2D eigenvalue weighted by molar-refractivity contribution is -0.319. The van der Waals surface area contributed by atoms with Crippen LogP contribution in [0.15, 0.2) is 24.3 Å². The topological polar surface area (TPSA) is 131 Å². The maximum atomic E-state index is 13.4. The van der Waals surface area contributed by atoms with E-state index in [4.69, 9.17) is 35.3 Å². The molecule has 3 aliphatic heterocycles. The lowest BCUT2D eigenvalue weighted by atomic mass is 9.52. The minimum absolute atomic E-state index is 0.0729. The lowest BCUT2D eigenvalue weighted by Gasteiger charge is -2.63. The second kappa shape index (κ2) is 8.94. The lowest BCUT2D eigenvalue weighted by Crippen LogP contribution is -2.77. The summed E-state index contributed by atoms with van der Waals surface area (Å²) in [5.41, 5.74) is -4.32. The molecule has 1 spiro atoms. The standard InChI is InChI=1S/C26H31ClO10/c1-11-10-16(33-13(3)28)20-24(6)9-8-17(31)25(7,36-15(5)30)19(24)22(34-14(4)29)26(37-20)12(2)23(32)35-21(26)18(11)27/h8-9,12,16,18-22H,1,10H2,2-7H3/t12-,16+,18-,19+,20?,21-,22+,24-,25+,26?/m0/s1. The van der Waals surface area contributed by atoms with E-state index in [1.165, 1.54) is 33.8 Å². The van der Waals surface area contributed by atoms with E-state index in [0.717, 1.165) is 0 Å². The molecule has 202 valence electrons. The summed E-state index contributed by atoms with van der Waals surface area (Å²) in [4.78, 5) is 63.4. The van der Waals surface area contributed by atoms with Crippen molar-refractivity contribution in [3.8, 4) is 0 Å². The van der Waals surface area contributed by atoms with Crippen LogP contribution in [0.5, 0.6) is 0 Å². The molecule has 3 heterocycles. The van der Waals surface area contributed by atoms with Gasteiger partial charge in [-0.1, -0.05) is 25.2 Å². The summed E-state index contributed by atoms with van der Waals surface area (Å²) < 4.78 is 29.7. The van der Waals surface area contributed by atoms with Crippen molar-refractivity contribution < 1.29 is 47.7 Å². The molecule has 0 saturated carbocycles. The molecule has 4 rings (SSSR count). The number of ether oxygens (including phenoxy) is 5. The van der Waals surface area contributed by atoms with E-state index in [-0.39, 0.29) is 6.42 Å². The number of ketones is 1. The van der Waals surface area contributed by atoms with Crippen LogP contribution in [-0.4, -0.2) is 70.7 Å². The highest BCUT2D eigenvalue weighted by molar-refractivity contribution is 6.23. The van der Waals surface area contributed by atoms with Gasteiger partial charge in [-0.05, 0) is 19.9 Å². The molecule has 0 aromatic rings. The minimum Gasteiger partial charge on any atom is -0.459 e. The number of halogens is 1. The molecule has 0 aromatic heterocycles. The summed E-state index contributed by atoms with van der Waals surface area (Å²) in [6.07, 6.45) is -1.49. The molecule has 10 atom stereocenters. The van der Waals surface area contributed by atoms with Gasteiger partial charge in [-0.2, -0.15) is 0 Å². The van der Waals surface area contributed by atoms with Gasteiger partial charge in [0.25, 0.3) is 0 Å². The van der Waals surface area contributed by atoms with E-state index in [1.807, 2.05) is 0 Å². The summed E-state index contributed by atoms with van der Waals surface area (Å²) in [5.74, 6) is -5.33. The van der Waals surface area contributed by atoms with E-state index < -0.39 is 87.9 Å². The highest BCUT2D eigenvalue weighted by Gasteiger charge is 2.77. The zero-order valence-electron chi connectivity index (χ0n) is 21.6. The molecular weight excluding hydrogens is 508 g/mol. The number of esters is 4. The van der Waals surface area contributed by atoms with Gasteiger partial charge in [0.2, 0.25) is 0 Å². The Balaban J connectivity index is 2.08. The Morgan fingerprint density at radius 3 is 2.24 bits per heavy atom. The van der Waals surface area contributed by atoms with Crippen molar-refractivity contribution in [1.29, 1.82) is 0 Å². The molecule has 3 fully saturated rings. The fraction of sp³-hybridized carbons (Fsp3) is 0.654. The van der Waals surface area contributed by atoms with Crippen LogP contribution < -0.4 is 0 Å². The third-order valence-electron chi connectivity index (χ3n) is 8.18. The summed E-state index contributed by atoms with van der Waals surface area (Å²) in [5, 5.41) is -1.01. The Morgan fingerprint density at radius 1 is 1.05 bits per heavy atom. The SMILES string of the molecule is C=C1C[C@@H](OC(C)=O)C2OC3([C@H](OC(C)=O)[C@H]4[C@](C)(OC(C)=O)C(=O)C=C[C@]24C)[C@@H](C)C(=O)O[C@H]3[C@H]1Cl. The normalized spacial score (nSPS) is 44.5. The van der Waals surface area contributed by atoms with E-state index in [0.29, 0.717) is 5.57 Å². The number of rotatable bonds is 3. The van der Waals surface area contributed by atoms with Crippen molar-refractivity contribution in [3.05, 3.63) is 24.3 Å². The van der Waals surface area contributed by atoms with Gasteiger partial charge < -0.3 is 23.7 Å². The molecule has 0 N–H and O–H groups in total. The van der Waals surface area contributed by atoms with Gasteiger partial charge in [0.05, 0.1) is 17.2 Å². The largest absolute Gasteiger partial charge is 0.459 e. The molecule has 1 aliphatic carbocycles. The van der Waals surface area contributed by atoms with Crippen molar-refractivity contribution in [2.75, 3.05) is 0 Å². The number of hydrogen-bond acceptors (Lipinski definition) is 10. The first kappa shape index (κ1) is 27.3. The fourth-order valence-corrected chi connectivity index (χ4v) is 7.02. The summed E-state index contributed by atoms with van der Waals surface area (Å²) in [7, 11) is 0. The molecule has 3 saturated heterocycles. The first-order chi connectivity index (χ1) is 17.1. The van der Waals surface area contributed by atoms with Crippen LogP contribution in [0.3, 0.4) is 0 Å². The van der Waals surface area contributed by atoms with Gasteiger partial charge in [0.1, 0.15) is 18.3 Å². The number of carbonyl (C=O) groups excluding carboxylic acids is 5. The number of alkyl halides is 1. The Kier molecular flexibility index (Phi) is 6.60. The zero-order valence-corrected chi connectivity index (χ0v) is 22.3. The van der Waals surface area contributed by atoms with E-state index in [9.17, 15) is 24.0 Å². The van der Waals surface area contributed by atoms with Crippen LogP contribution in [0.4, 0.5) is 0 Å². The molecule has 0 aromatic carbocycles. The molecule has 10 nitrogen and oxygen atoms in total. The van der Waals surface area contributed by atoms with Crippen LogP contribution in [0, 0.1) is 17.3 Å². The van der Waals surface area contributed by atoms with Crippen LogP contribution in [0.25, 0.3) is 0 Å². The molecule has 11 heteroatoms. The predicted molar refractivity (Wildman–Crippen MR) is 127 cm³/mol. The van der Waals surface area contributed by atoms with Crippen LogP contribution in [0.2, 0.25) is 0 Å². The Hall–Kier alpha value is -2.72. The Labute approximate surface area is 219 Å². The summed E-state index contributed by atoms with van der Waals surface area (Å²) in [6.45, 7) is 12.4. The van der Waals surface area contributed by atoms with Gasteiger partial charge in [0.15, 0.2) is 23.1 Å². The van der Waals surface area contributed by atoms with E-state index >= 15 is 0 Å². The van der Waals surface area contributed by atoms with Gasteiger partial charge in [-0.3, -0.25) is 24.0 Å². The number of fused-ring (bicyclic) bond motifs is 3. The third kappa shape index (κ3) is 3.91. The average Bonchev–Trinajstić information content (AvgIpc) is 3.01. The molecule has 37 heavy (non-hydrogen) atoms. The van der Waals surface area contributed by atoms with Crippen LogP contribution in [-0.2, 0) is 47.7 Å². The Morgan fingerprint density at radius 2 is 1.68 bits per heavy atom. The Bertz CT molecular complexity index is 1110. The van der Waals surface area contributed by atoms with Crippen LogP contribution in [0.1, 0.15) is 48.0 Å². The fourth-order valence-electron chi connectivity index (χ4n) is 6.68. The van der Waals surface area contributed by atoms with Crippen LogP contribution >= 0.6 is 11.6 Å². The second-order valence-electron chi connectivity index (χ2n) is 10.7. The first-order valence-electron chi connectivity index (χ1n) is 12.1. The average molecular weight is 539 g/mol. The molecular formula is C26H31ClO10. The molecule has 2 unspecified atom stereocenters. The van der Waals surface area contributed by atoms with Gasteiger partial charge in [0, 0.05) is 32.6 Å². The third-order valence-corrected chi connectivity index (χ3v) is 8.72. The quantitative estimate of drug-likeness (QED) is 0.228. The van der Waals surface area contributed by atoms with E-state index in [2.05, 4.69) is 6.58 Å². The zero-order chi connectivity index (χ0) is 27.7. The minimum atomic E-state index is -1.83. The van der Waals surface area contributed by atoms with Crippen molar-refractivity contribution in [3.63, 3.8) is 0 Å². The predicted octanol–water partition coefficient (Wildman–Crippen LogP) is 2.20. The molecule has 2 bridgehead atoms. The van der Waals surface area contributed by atoms with Crippen molar-refractivity contribution in [1.82, 2.24) is 0 Å². The maximum Gasteiger partial charge on any atom is 0.312 e. The van der Waals surface area contributed by atoms with Crippen molar-refractivity contribution in [2.45, 2.75) is 89.0 Å². The van der Waals surface area contributed by atoms with Crippen molar-refractivity contribution in [2.24, 2.45) is 17.3 Å². The summed E-state index contributed by atoms with van der Waals surface area (Å²) >= 11 is 6.81.